The zero-order chi connectivity index (χ0) is 15.1. The summed E-state index contributed by atoms with van der Waals surface area (Å²) in [5.74, 6) is -1.34. The molecule has 1 fully saturated rings. The lowest BCUT2D eigenvalue weighted by atomic mass is 9.76. The Kier molecular flexibility index (Phi) is 3.60. The van der Waals surface area contributed by atoms with Crippen LogP contribution in [-0.4, -0.2) is 36.4 Å². The van der Waals surface area contributed by atoms with E-state index in [0.29, 0.717) is 0 Å². The molecule has 0 aliphatic carbocycles. The molecule has 0 atom stereocenters. The van der Waals surface area contributed by atoms with E-state index in [1.54, 1.807) is 0 Å². The lowest BCUT2D eigenvalue weighted by Crippen LogP contribution is -2.41. The average Bonchev–Trinajstić information content (AvgIpc) is 2.56. The van der Waals surface area contributed by atoms with Crippen LogP contribution in [0, 0.1) is 5.82 Å². The molecule has 1 saturated heterocycles. The highest BCUT2D eigenvalue weighted by Crippen LogP contribution is 2.36. The minimum absolute atomic E-state index is 0.00556. The van der Waals surface area contributed by atoms with Gasteiger partial charge in [0.05, 0.1) is 30.1 Å². The topological polar surface area (TPSA) is 57.7 Å². The number of methoxy groups -OCH3 is 1. The van der Waals surface area contributed by atoms with Crippen LogP contribution in [0.1, 0.15) is 38.1 Å². The number of rotatable bonds is 2. The maximum absolute atomic E-state index is 14.1. The number of carbonyl (C=O) groups is 1. The van der Waals surface area contributed by atoms with Crippen molar-refractivity contribution in [2.24, 2.45) is 0 Å². The van der Waals surface area contributed by atoms with E-state index in [1.165, 1.54) is 13.3 Å². The number of carbonyl (C=O) groups excluding carboxylic acids is 1. The fraction of sp³-hybridized carbons (Fsp3) is 0.538. The van der Waals surface area contributed by atoms with Gasteiger partial charge in [0.1, 0.15) is 5.82 Å². The van der Waals surface area contributed by atoms with Crippen LogP contribution in [0.2, 0.25) is 0 Å². The predicted molar refractivity (Wildman–Crippen MR) is 71.3 cm³/mol. The van der Waals surface area contributed by atoms with E-state index >= 15 is 0 Å². The van der Waals surface area contributed by atoms with Crippen molar-refractivity contribution in [3.05, 3.63) is 23.8 Å². The van der Waals surface area contributed by atoms with Crippen LogP contribution < -0.4 is 5.46 Å². The summed E-state index contributed by atoms with van der Waals surface area (Å²) in [5.41, 5.74) is -1.22. The fourth-order valence-corrected chi connectivity index (χ4v) is 1.92. The Morgan fingerprint density at radius 1 is 1.25 bits per heavy atom. The molecule has 1 aromatic heterocycles. The molecule has 2 heterocycles. The Bertz CT molecular complexity index is 531. The monoisotopic (exact) mass is 281 g/mol. The first-order chi connectivity index (χ1) is 9.19. The Morgan fingerprint density at radius 2 is 1.80 bits per heavy atom. The van der Waals surface area contributed by atoms with Crippen LogP contribution in [0.15, 0.2) is 12.4 Å². The zero-order valence-electron chi connectivity index (χ0n) is 12.2. The predicted octanol–water partition coefficient (Wildman–Crippen LogP) is 1.31. The van der Waals surface area contributed by atoms with Crippen molar-refractivity contribution >= 4 is 18.6 Å². The number of hydrogen-bond acceptors (Lipinski definition) is 5. The summed E-state index contributed by atoms with van der Waals surface area (Å²) < 4.78 is 30.2. The van der Waals surface area contributed by atoms with Crippen LogP contribution in [0.5, 0.6) is 0 Å². The maximum atomic E-state index is 14.1. The molecule has 1 aliphatic rings. The third-order valence-corrected chi connectivity index (χ3v) is 3.83. The van der Waals surface area contributed by atoms with Crippen LogP contribution in [-0.2, 0) is 14.0 Å². The summed E-state index contributed by atoms with van der Waals surface area (Å²) in [5, 5.41) is 0. The Balaban J connectivity index is 2.47. The van der Waals surface area contributed by atoms with Gasteiger partial charge in [0.2, 0.25) is 0 Å². The third-order valence-electron chi connectivity index (χ3n) is 3.83. The SMILES string of the molecule is COC(=O)c1cncc(F)c1B1OC(C)(C)C(C)(C)O1. The van der Waals surface area contributed by atoms with Gasteiger partial charge in [-0.05, 0) is 27.7 Å². The van der Waals surface area contributed by atoms with Gasteiger partial charge in [0, 0.05) is 11.7 Å². The molecule has 0 amide bonds. The minimum atomic E-state index is -0.975. The largest absolute Gasteiger partial charge is 0.498 e. The highest BCUT2D eigenvalue weighted by atomic mass is 19.1. The number of aromatic nitrogens is 1. The fourth-order valence-electron chi connectivity index (χ4n) is 1.92. The molecule has 0 aromatic carbocycles. The van der Waals surface area contributed by atoms with Gasteiger partial charge >= 0.3 is 13.1 Å². The lowest BCUT2D eigenvalue weighted by molar-refractivity contribution is 0.00578. The number of hydrogen-bond donors (Lipinski definition) is 0. The molecule has 7 heteroatoms. The van der Waals surface area contributed by atoms with E-state index in [2.05, 4.69) is 9.72 Å². The van der Waals surface area contributed by atoms with Crippen molar-refractivity contribution in [2.45, 2.75) is 38.9 Å². The summed E-state index contributed by atoms with van der Waals surface area (Å²) in [4.78, 5) is 15.4. The van der Waals surface area contributed by atoms with E-state index in [-0.39, 0.29) is 11.0 Å². The smallest absolute Gasteiger partial charge is 0.465 e. The minimum Gasteiger partial charge on any atom is -0.465 e. The molecular formula is C13H17BFNO4. The Labute approximate surface area is 117 Å². The van der Waals surface area contributed by atoms with Crippen molar-refractivity contribution in [1.82, 2.24) is 4.98 Å². The third kappa shape index (κ3) is 2.31. The molecule has 2 rings (SSSR count). The summed E-state index contributed by atoms with van der Waals surface area (Å²) in [6, 6.07) is 0. The number of nitrogens with zero attached hydrogens (tertiary/aromatic N) is 1. The van der Waals surface area contributed by atoms with Crippen molar-refractivity contribution in [3.63, 3.8) is 0 Å². The standard InChI is InChI=1S/C13H17BFNO4/c1-12(2)13(3,4)20-14(19-12)10-8(11(17)18-5)6-16-7-9(10)15/h6-7H,1-5H3. The molecule has 0 N–H and O–H groups in total. The first kappa shape index (κ1) is 14.9. The van der Waals surface area contributed by atoms with E-state index < -0.39 is 30.1 Å². The second-order valence-electron chi connectivity index (χ2n) is 5.66. The van der Waals surface area contributed by atoms with Crippen LogP contribution in [0.4, 0.5) is 4.39 Å². The number of pyridine rings is 1. The number of halogens is 1. The normalized spacial score (nSPS) is 20.0. The molecule has 1 aliphatic heterocycles. The van der Waals surface area contributed by atoms with Crippen LogP contribution >= 0.6 is 0 Å². The molecule has 0 saturated carbocycles. The van der Waals surface area contributed by atoms with E-state index in [1.807, 2.05) is 27.7 Å². The van der Waals surface area contributed by atoms with Crippen LogP contribution in [0.3, 0.4) is 0 Å². The van der Waals surface area contributed by atoms with Crippen molar-refractivity contribution in [2.75, 3.05) is 7.11 Å². The van der Waals surface area contributed by atoms with Crippen molar-refractivity contribution in [1.29, 1.82) is 0 Å². The van der Waals surface area contributed by atoms with Gasteiger partial charge in [-0.2, -0.15) is 0 Å². The van der Waals surface area contributed by atoms with Gasteiger partial charge in [0.25, 0.3) is 0 Å². The average molecular weight is 281 g/mol. The first-order valence-corrected chi connectivity index (χ1v) is 6.27. The second-order valence-corrected chi connectivity index (χ2v) is 5.66. The Morgan fingerprint density at radius 3 is 2.30 bits per heavy atom. The van der Waals surface area contributed by atoms with Gasteiger partial charge in [-0.3, -0.25) is 4.98 Å². The highest BCUT2D eigenvalue weighted by molar-refractivity contribution is 6.63. The van der Waals surface area contributed by atoms with Gasteiger partial charge in [-0.15, -0.1) is 0 Å². The van der Waals surface area contributed by atoms with Crippen LogP contribution in [0.25, 0.3) is 0 Å². The molecule has 108 valence electrons. The van der Waals surface area contributed by atoms with Gasteiger partial charge in [-0.1, -0.05) is 0 Å². The number of ether oxygens (including phenoxy) is 1. The maximum Gasteiger partial charge on any atom is 0.498 e. The molecule has 0 radical (unpaired) electrons. The quantitative estimate of drug-likeness (QED) is 0.604. The van der Waals surface area contributed by atoms with Crippen molar-refractivity contribution < 1.29 is 23.2 Å². The summed E-state index contributed by atoms with van der Waals surface area (Å²) in [6.45, 7) is 7.40. The summed E-state index contributed by atoms with van der Waals surface area (Å²) >= 11 is 0. The second kappa shape index (κ2) is 4.82. The van der Waals surface area contributed by atoms with E-state index in [9.17, 15) is 9.18 Å². The van der Waals surface area contributed by atoms with E-state index in [4.69, 9.17) is 9.31 Å². The Hall–Kier alpha value is -1.47. The molecule has 5 nitrogen and oxygen atoms in total. The van der Waals surface area contributed by atoms with Gasteiger partial charge in [0.15, 0.2) is 0 Å². The summed E-state index contributed by atoms with van der Waals surface area (Å²) in [7, 11) is 0.249. The molecule has 20 heavy (non-hydrogen) atoms. The molecule has 0 unspecified atom stereocenters. The van der Waals surface area contributed by atoms with Gasteiger partial charge < -0.3 is 14.0 Å². The summed E-state index contributed by atoms with van der Waals surface area (Å²) in [6.07, 6.45) is 2.27. The van der Waals surface area contributed by atoms with Crippen molar-refractivity contribution in [3.8, 4) is 0 Å². The first-order valence-electron chi connectivity index (χ1n) is 6.27. The van der Waals surface area contributed by atoms with Gasteiger partial charge in [-0.25, -0.2) is 9.18 Å². The molecular weight excluding hydrogens is 264 g/mol. The molecule has 0 bridgehead atoms. The van der Waals surface area contributed by atoms with E-state index in [0.717, 1.165) is 6.20 Å². The molecule has 0 spiro atoms. The lowest BCUT2D eigenvalue weighted by Gasteiger charge is -2.32. The number of esters is 1. The molecule has 1 aromatic rings. The highest BCUT2D eigenvalue weighted by Gasteiger charge is 2.53. The zero-order valence-corrected chi connectivity index (χ0v) is 12.2.